The van der Waals surface area contributed by atoms with Crippen LogP contribution in [0.25, 0.3) is 0 Å². The van der Waals surface area contributed by atoms with E-state index in [0.29, 0.717) is 12.5 Å². The summed E-state index contributed by atoms with van der Waals surface area (Å²) in [4.78, 5) is 11.1. The average Bonchev–Trinajstić information content (AvgIpc) is 2.42. The summed E-state index contributed by atoms with van der Waals surface area (Å²) in [6.07, 6.45) is 2.70. The Morgan fingerprint density at radius 3 is 2.47 bits per heavy atom. The lowest BCUT2D eigenvalue weighted by atomic mass is 10.1. The molecule has 0 atom stereocenters. The quantitative estimate of drug-likeness (QED) is 0.859. The molecule has 19 heavy (non-hydrogen) atoms. The summed E-state index contributed by atoms with van der Waals surface area (Å²) < 4.78 is 10.5. The molecule has 0 amide bonds. The van der Waals surface area contributed by atoms with Crippen LogP contribution in [0.5, 0.6) is 5.75 Å². The minimum Gasteiger partial charge on any atom is -0.490 e. The zero-order valence-corrected chi connectivity index (χ0v) is 11.9. The zero-order chi connectivity index (χ0) is 12.8. The summed E-state index contributed by atoms with van der Waals surface area (Å²) in [5.41, 5.74) is 0.944. The van der Waals surface area contributed by atoms with Gasteiger partial charge in [0.05, 0.1) is 13.5 Å². The third-order valence-corrected chi connectivity index (χ3v) is 3.09. The average molecular weight is 286 g/mol. The van der Waals surface area contributed by atoms with Crippen molar-refractivity contribution in [3.05, 3.63) is 29.8 Å². The first-order chi connectivity index (χ1) is 8.78. The third-order valence-electron chi connectivity index (χ3n) is 3.09. The predicted molar refractivity (Wildman–Crippen MR) is 75.9 cm³/mol. The molecular formula is C14H20ClNO3. The Bertz CT molecular complexity index is 388. The first-order valence-corrected chi connectivity index (χ1v) is 6.31. The number of benzene rings is 1. The molecule has 2 rings (SSSR count). The molecule has 1 N–H and O–H groups in total. The molecule has 0 aliphatic carbocycles. The van der Waals surface area contributed by atoms with Crippen molar-refractivity contribution in [2.75, 3.05) is 20.2 Å². The van der Waals surface area contributed by atoms with Crippen molar-refractivity contribution in [1.29, 1.82) is 0 Å². The van der Waals surface area contributed by atoms with E-state index < -0.39 is 0 Å². The van der Waals surface area contributed by atoms with Gasteiger partial charge in [0, 0.05) is 0 Å². The van der Waals surface area contributed by atoms with Crippen LogP contribution in [0.3, 0.4) is 0 Å². The number of rotatable bonds is 4. The van der Waals surface area contributed by atoms with Gasteiger partial charge in [-0.05, 0) is 43.6 Å². The fourth-order valence-corrected chi connectivity index (χ4v) is 2.03. The van der Waals surface area contributed by atoms with E-state index in [2.05, 4.69) is 10.1 Å². The lowest BCUT2D eigenvalue weighted by molar-refractivity contribution is -0.139. The number of methoxy groups -OCH3 is 1. The highest BCUT2D eigenvalue weighted by atomic mass is 35.5. The first-order valence-electron chi connectivity index (χ1n) is 6.31. The van der Waals surface area contributed by atoms with E-state index >= 15 is 0 Å². The van der Waals surface area contributed by atoms with E-state index in [4.69, 9.17) is 4.74 Å². The summed E-state index contributed by atoms with van der Waals surface area (Å²) in [7, 11) is 1.40. The van der Waals surface area contributed by atoms with Gasteiger partial charge in [0.15, 0.2) is 0 Å². The van der Waals surface area contributed by atoms with Crippen molar-refractivity contribution in [3.8, 4) is 5.75 Å². The Morgan fingerprint density at radius 1 is 1.26 bits per heavy atom. The summed E-state index contributed by atoms with van der Waals surface area (Å²) in [6, 6.07) is 7.65. The largest absolute Gasteiger partial charge is 0.490 e. The molecule has 0 saturated carbocycles. The summed E-state index contributed by atoms with van der Waals surface area (Å²) in [5.74, 6) is 0.650. The number of ether oxygens (including phenoxy) is 2. The Morgan fingerprint density at radius 2 is 1.89 bits per heavy atom. The van der Waals surface area contributed by atoms with E-state index in [1.165, 1.54) is 7.11 Å². The van der Waals surface area contributed by atoms with Crippen molar-refractivity contribution in [2.24, 2.45) is 0 Å². The van der Waals surface area contributed by atoms with Gasteiger partial charge in [0.1, 0.15) is 11.9 Å². The van der Waals surface area contributed by atoms with Crippen LogP contribution >= 0.6 is 12.4 Å². The fraction of sp³-hybridized carbons (Fsp3) is 0.500. The smallest absolute Gasteiger partial charge is 0.309 e. The van der Waals surface area contributed by atoms with Gasteiger partial charge in [-0.15, -0.1) is 12.4 Å². The van der Waals surface area contributed by atoms with E-state index in [1.54, 1.807) is 0 Å². The summed E-state index contributed by atoms with van der Waals surface area (Å²) in [5, 5.41) is 3.31. The molecule has 1 aromatic carbocycles. The number of hydrogen-bond acceptors (Lipinski definition) is 4. The van der Waals surface area contributed by atoms with Gasteiger partial charge in [0.25, 0.3) is 0 Å². The maximum absolute atomic E-state index is 11.1. The number of esters is 1. The van der Waals surface area contributed by atoms with Crippen molar-refractivity contribution in [3.63, 3.8) is 0 Å². The van der Waals surface area contributed by atoms with Crippen molar-refractivity contribution >= 4 is 18.4 Å². The lowest BCUT2D eigenvalue weighted by Gasteiger charge is -2.23. The Kier molecular flexibility index (Phi) is 6.67. The predicted octanol–water partition coefficient (Wildman–Crippen LogP) is 1.95. The van der Waals surface area contributed by atoms with E-state index in [-0.39, 0.29) is 18.4 Å². The summed E-state index contributed by atoms with van der Waals surface area (Å²) in [6.45, 7) is 2.04. The molecule has 106 valence electrons. The molecule has 1 fully saturated rings. The highest BCUT2D eigenvalue weighted by Gasteiger charge is 2.14. The minimum atomic E-state index is -0.220. The minimum absolute atomic E-state index is 0. The lowest BCUT2D eigenvalue weighted by Crippen LogP contribution is -2.34. The highest BCUT2D eigenvalue weighted by Crippen LogP contribution is 2.17. The molecule has 0 bridgehead atoms. The normalized spacial score (nSPS) is 15.4. The first kappa shape index (κ1) is 15.8. The Hall–Kier alpha value is -1.26. The maximum atomic E-state index is 11.1. The summed E-state index contributed by atoms with van der Waals surface area (Å²) >= 11 is 0. The van der Waals surface area contributed by atoms with Crippen LogP contribution in [0.4, 0.5) is 0 Å². The van der Waals surface area contributed by atoms with E-state index in [9.17, 15) is 4.79 Å². The van der Waals surface area contributed by atoms with Crippen LogP contribution in [0, 0.1) is 0 Å². The van der Waals surface area contributed by atoms with Crippen molar-refractivity contribution in [2.45, 2.75) is 25.4 Å². The Balaban J connectivity index is 0.00000180. The second-order valence-corrected chi connectivity index (χ2v) is 4.46. The maximum Gasteiger partial charge on any atom is 0.309 e. The van der Waals surface area contributed by atoms with Gasteiger partial charge in [-0.2, -0.15) is 0 Å². The number of hydrogen-bond donors (Lipinski definition) is 1. The number of piperidine rings is 1. The van der Waals surface area contributed by atoms with Crippen LogP contribution < -0.4 is 10.1 Å². The molecule has 1 saturated heterocycles. The molecule has 0 aromatic heterocycles. The number of carbonyl (C=O) groups is 1. The van der Waals surface area contributed by atoms with Crippen LogP contribution in [-0.4, -0.2) is 32.3 Å². The standard InChI is InChI=1S/C14H19NO3.ClH/c1-17-14(16)10-11-2-4-12(5-3-11)18-13-6-8-15-9-7-13;/h2-5,13,15H,6-10H2,1H3;1H. The second kappa shape index (κ2) is 8.02. The molecular weight excluding hydrogens is 266 g/mol. The molecule has 0 spiro atoms. The van der Waals surface area contributed by atoms with Crippen molar-refractivity contribution < 1.29 is 14.3 Å². The van der Waals surface area contributed by atoms with Gasteiger partial charge in [-0.3, -0.25) is 4.79 Å². The van der Waals surface area contributed by atoms with Gasteiger partial charge < -0.3 is 14.8 Å². The Labute approximate surface area is 119 Å². The van der Waals surface area contributed by atoms with Crippen LogP contribution in [0.15, 0.2) is 24.3 Å². The van der Waals surface area contributed by atoms with Crippen LogP contribution in [-0.2, 0) is 16.0 Å². The number of halogens is 1. The number of nitrogens with one attached hydrogen (secondary N) is 1. The topological polar surface area (TPSA) is 47.6 Å². The van der Waals surface area contributed by atoms with Gasteiger partial charge in [-0.25, -0.2) is 0 Å². The molecule has 0 radical (unpaired) electrons. The van der Waals surface area contributed by atoms with Crippen LogP contribution in [0.1, 0.15) is 18.4 Å². The molecule has 1 aliphatic heterocycles. The SMILES string of the molecule is COC(=O)Cc1ccc(OC2CCNCC2)cc1.Cl. The van der Waals surface area contributed by atoms with E-state index in [1.807, 2.05) is 24.3 Å². The highest BCUT2D eigenvalue weighted by molar-refractivity contribution is 5.85. The van der Waals surface area contributed by atoms with Gasteiger partial charge >= 0.3 is 5.97 Å². The second-order valence-electron chi connectivity index (χ2n) is 4.46. The molecule has 1 aliphatic rings. The van der Waals surface area contributed by atoms with E-state index in [0.717, 1.165) is 37.2 Å². The third kappa shape index (κ3) is 5.09. The molecule has 0 unspecified atom stereocenters. The number of carbonyl (C=O) groups excluding carboxylic acids is 1. The van der Waals surface area contributed by atoms with Crippen molar-refractivity contribution in [1.82, 2.24) is 5.32 Å². The molecule has 5 heteroatoms. The monoisotopic (exact) mass is 285 g/mol. The fourth-order valence-electron chi connectivity index (χ4n) is 2.03. The van der Waals surface area contributed by atoms with Crippen LogP contribution in [0.2, 0.25) is 0 Å². The molecule has 1 aromatic rings. The molecule has 1 heterocycles. The van der Waals surface area contributed by atoms with Gasteiger partial charge in [-0.1, -0.05) is 12.1 Å². The zero-order valence-electron chi connectivity index (χ0n) is 11.1. The molecule has 4 nitrogen and oxygen atoms in total. The van der Waals surface area contributed by atoms with Gasteiger partial charge in [0.2, 0.25) is 0 Å².